The summed E-state index contributed by atoms with van der Waals surface area (Å²) in [6.07, 6.45) is 2.70. The summed E-state index contributed by atoms with van der Waals surface area (Å²) in [7, 11) is 0. The minimum Gasteiger partial charge on any atom is -0.393 e. The van der Waals surface area contributed by atoms with Gasteiger partial charge >= 0.3 is 0 Å². The van der Waals surface area contributed by atoms with E-state index in [0.717, 1.165) is 19.3 Å². The van der Waals surface area contributed by atoms with Crippen molar-refractivity contribution in [3.8, 4) is 0 Å². The number of hydrogen-bond donors (Lipinski definition) is 2. The molecule has 1 amide bonds. The molecule has 0 saturated heterocycles. The number of aliphatic hydroxyl groups excluding tert-OH is 1. The number of halogens is 2. The number of aliphatic hydroxyl groups is 1. The van der Waals surface area contributed by atoms with Crippen molar-refractivity contribution >= 4 is 29.1 Å². The van der Waals surface area contributed by atoms with Crippen molar-refractivity contribution in [1.29, 1.82) is 0 Å². The second-order valence-corrected chi connectivity index (χ2v) is 5.75. The van der Waals surface area contributed by atoms with Crippen LogP contribution in [-0.2, 0) is 11.2 Å². The summed E-state index contributed by atoms with van der Waals surface area (Å²) in [5.41, 5.74) is 0.648. The number of amides is 1. The van der Waals surface area contributed by atoms with Gasteiger partial charge in [0.25, 0.3) is 0 Å². The Morgan fingerprint density at radius 1 is 1.32 bits per heavy atom. The molecule has 5 heteroatoms. The molecule has 1 aliphatic rings. The summed E-state index contributed by atoms with van der Waals surface area (Å²) in [6, 6.07) is 5.19. The van der Waals surface area contributed by atoms with Crippen LogP contribution >= 0.6 is 23.2 Å². The maximum Gasteiger partial charge on any atom is 0.224 e. The monoisotopic (exact) mass is 301 g/mol. The molecule has 0 aromatic heterocycles. The minimum absolute atomic E-state index is 0.117. The van der Waals surface area contributed by atoms with Crippen LogP contribution in [0, 0.1) is 5.92 Å². The van der Waals surface area contributed by atoms with Crippen LogP contribution in [0.15, 0.2) is 18.2 Å². The molecule has 1 aliphatic carbocycles. The molecule has 2 atom stereocenters. The van der Waals surface area contributed by atoms with Gasteiger partial charge in [0.05, 0.1) is 12.5 Å². The Bertz CT molecular complexity index is 445. The van der Waals surface area contributed by atoms with Crippen molar-refractivity contribution in [2.75, 3.05) is 6.54 Å². The van der Waals surface area contributed by atoms with E-state index in [1.165, 1.54) is 0 Å². The van der Waals surface area contributed by atoms with E-state index < -0.39 is 0 Å². The maximum absolute atomic E-state index is 11.9. The zero-order valence-electron chi connectivity index (χ0n) is 10.5. The largest absolute Gasteiger partial charge is 0.393 e. The molecule has 2 N–H and O–H groups in total. The van der Waals surface area contributed by atoms with Crippen molar-refractivity contribution in [3.05, 3.63) is 33.8 Å². The third kappa shape index (κ3) is 3.85. The van der Waals surface area contributed by atoms with E-state index >= 15 is 0 Å². The first-order valence-electron chi connectivity index (χ1n) is 6.45. The van der Waals surface area contributed by atoms with Gasteiger partial charge in [0.15, 0.2) is 0 Å². The molecular formula is C14H17Cl2NO2. The third-order valence-electron chi connectivity index (χ3n) is 3.58. The fourth-order valence-corrected chi connectivity index (χ4v) is 2.96. The molecule has 2 unspecified atom stereocenters. The summed E-state index contributed by atoms with van der Waals surface area (Å²) in [5, 5.41) is 13.5. The zero-order chi connectivity index (χ0) is 13.8. The van der Waals surface area contributed by atoms with Crippen molar-refractivity contribution in [3.63, 3.8) is 0 Å². The third-order valence-corrected chi connectivity index (χ3v) is 4.29. The van der Waals surface area contributed by atoms with Crippen LogP contribution in [0.2, 0.25) is 10.0 Å². The van der Waals surface area contributed by atoms with Crippen LogP contribution in [0.25, 0.3) is 0 Å². The number of benzene rings is 1. The minimum atomic E-state index is -0.288. The van der Waals surface area contributed by atoms with E-state index in [1.54, 1.807) is 18.2 Å². The molecule has 0 spiro atoms. The SMILES string of the molecule is O=C(Cc1c(Cl)cccc1Cl)NCC1CCCC1O. The predicted octanol–water partition coefficient (Wildman–Crippen LogP) is 2.81. The van der Waals surface area contributed by atoms with Crippen molar-refractivity contribution in [1.82, 2.24) is 5.32 Å². The van der Waals surface area contributed by atoms with Crippen LogP contribution in [0.4, 0.5) is 0 Å². The Balaban J connectivity index is 1.87. The van der Waals surface area contributed by atoms with Crippen LogP contribution in [-0.4, -0.2) is 23.7 Å². The molecule has 19 heavy (non-hydrogen) atoms. The number of hydrogen-bond acceptors (Lipinski definition) is 2. The second-order valence-electron chi connectivity index (χ2n) is 4.94. The summed E-state index contributed by atoms with van der Waals surface area (Å²) < 4.78 is 0. The highest BCUT2D eigenvalue weighted by Gasteiger charge is 2.25. The van der Waals surface area contributed by atoms with Gasteiger partial charge in [0.1, 0.15) is 0 Å². The lowest BCUT2D eigenvalue weighted by molar-refractivity contribution is -0.120. The Kier molecular flexibility index (Phi) is 5.08. The Hall–Kier alpha value is -0.770. The smallest absolute Gasteiger partial charge is 0.224 e. The van der Waals surface area contributed by atoms with Gasteiger partial charge < -0.3 is 10.4 Å². The van der Waals surface area contributed by atoms with Crippen molar-refractivity contribution in [2.24, 2.45) is 5.92 Å². The summed E-state index contributed by atoms with van der Waals surface area (Å²) in [4.78, 5) is 11.9. The molecule has 2 rings (SSSR count). The topological polar surface area (TPSA) is 49.3 Å². The van der Waals surface area contributed by atoms with Gasteiger partial charge in [0, 0.05) is 22.5 Å². The van der Waals surface area contributed by atoms with Gasteiger partial charge in [-0.3, -0.25) is 4.79 Å². The van der Waals surface area contributed by atoms with Crippen LogP contribution in [0.5, 0.6) is 0 Å². The molecule has 1 fully saturated rings. The maximum atomic E-state index is 11.9. The Morgan fingerprint density at radius 2 is 2.00 bits per heavy atom. The first-order valence-corrected chi connectivity index (χ1v) is 7.21. The van der Waals surface area contributed by atoms with E-state index in [1.807, 2.05) is 0 Å². The molecule has 0 bridgehead atoms. The molecule has 0 aliphatic heterocycles. The highest BCUT2D eigenvalue weighted by Crippen LogP contribution is 2.26. The number of carbonyl (C=O) groups is 1. The van der Waals surface area contributed by atoms with E-state index in [0.29, 0.717) is 22.2 Å². The van der Waals surface area contributed by atoms with Gasteiger partial charge in [-0.2, -0.15) is 0 Å². The van der Waals surface area contributed by atoms with Gasteiger partial charge in [-0.05, 0) is 30.5 Å². The van der Waals surface area contributed by atoms with Crippen LogP contribution in [0.1, 0.15) is 24.8 Å². The lowest BCUT2D eigenvalue weighted by Gasteiger charge is -2.15. The summed E-state index contributed by atoms with van der Waals surface area (Å²) >= 11 is 12.0. The lowest BCUT2D eigenvalue weighted by atomic mass is 10.1. The number of nitrogens with one attached hydrogen (secondary N) is 1. The fourth-order valence-electron chi connectivity index (χ4n) is 2.42. The van der Waals surface area contributed by atoms with Crippen LogP contribution < -0.4 is 5.32 Å². The van der Waals surface area contributed by atoms with Gasteiger partial charge in [-0.1, -0.05) is 35.7 Å². The standard InChI is InChI=1S/C14H17Cl2NO2/c15-11-4-2-5-12(16)10(11)7-14(19)17-8-9-3-1-6-13(9)18/h2,4-5,9,13,18H,1,3,6-8H2,(H,17,19). The molecule has 0 radical (unpaired) electrons. The van der Waals surface area contributed by atoms with Crippen molar-refractivity contribution in [2.45, 2.75) is 31.8 Å². The molecule has 1 saturated carbocycles. The quantitative estimate of drug-likeness (QED) is 0.898. The average Bonchev–Trinajstić information content (AvgIpc) is 2.77. The normalized spacial score (nSPS) is 22.5. The number of carbonyl (C=O) groups excluding carboxylic acids is 1. The Labute approximate surface area is 122 Å². The van der Waals surface area contributed by atoms with E-state index in [2.05, 4.69) is 5.32 Å². The lowest BCUT2D eigenvalue weighted by Crippen LogP contribution is -2.33. The Morgan fingerprint density at radius 3 is 2.58 bits per heavy atom. The predicted molar refractivity (Wildman–Crippen MR) is 76.5 cm³/mol. The first kappa shape index (κ1) is 14.6. The summed E-state index contributed by atoms with van der Waals surface area (Å²) in [6.45, 7) is 0.516. The molecular weight excluding hydrogens is 285 g/mol. The zero-order valence-corrected chi connectivity index (χ0v) is 12.0. The van der Waals surface area contributed by atoms with Crippen LogP contribution in [0.3, 0.4) is 0 Å². The van der Waals surface area contributed by atoms with Gasteiger partial charge in [0.2, 0.25) is 5.91 Å². The summed E-state index contributed by atoms with van der Waals surface area (Å²) in [5.74, 6) is 0.0553. The van der Waals surface area contributed by atoms with E-state index in [4.69, 9.17) is 23.2 Å². The van der Waals surface area contributed by atoms with E-state index in [9.17, 15) is 9.90 Å². The van der Waals surface area contributed by atoms with Gasteiger partial charge in [-0.15, -0.1) is 0 Å². The highest BCUT2D eigenvalue weighted by molar-refractivity contribution is 6.36. The second kappa shape index (κ2) is 6.60. The molecule has 1 aromatic rings. The molecule has 1 aromatic carbocycles. The molecule has 3 nitrogen and oxygen atoms in total. The highest BCUT2D eigenvalue weighted by atomic mass is 35.5. The average molecular weight is 302 g/mol. The molecule has 0 heterocycles. The van der Waals surface area contributed by atoms with E-state index in [-0.39, 0.29) is 24.3 Å². The first-order chi connectivity index (χ1) is 9.08. The molecule has 104 valence electrons. The van der Waals surface area contributed by atoms with Crippen molar-refractivity contribution < 1.29 is 9.90 Å². The fraction of sp³-hybridized carbons (Fsp3) is 0.500. The number of rotatable bonds is 4. The van der Waals surface area contributed by atoms with Gasteiger partial charge in [-0.25, -0.2) is 0 Å².